The van der Waals surface area contributed by atoms with Crippen LogP contribution in [0.4, 0.5) is 0 Å². The summed E-state index contributed by atoms with van der Waals surface area (Å²) in [6.45, 7) is 1.16. The van der Waals surface area contributed by atoms with Gasteiger partial charge in [-0.05, 0) is 31.0 Å². The normalized spacial score (nSPS) is 23.0. The van der Waals surface area contributed by atoms with Crippen molar-refractivity contribution in [2.45, 2.75) is 25.3 Å². The van der Waals surface area contributed by atoms with E-state index in [4.69, 9.17) is 0 Å². The van der Waals surface area contributed by atoms with Gasteiger partial charge in [0.15, 0.2) is 0 Å². The number of piperidine rings is 1. The summed E-state index contributed by atoms with van der Waals surface area (Å²) in [5, 5.41) is 3.55. The molecule has 2 rings (SSSR count). The summed E-state index contributed by atoms with van der Waals surface area (Å²) in [6, 6.07) is 9.05. The molecule has 1 aromatic rings. The molecule has 70 valence electrons. The van der Waals surface area contributed by atoms with Crippen LogP contribution >= 0.6 is 15.9 Å². The summed E-state index contributed by atoms with van der Waals surface area (Å²) in [4.78, 5) is 0. The van der Waals surface area contributed by atoms with Crippen molar-refractivity contribution in [3.8, 4) is 0 Å². The molecular weight excluding hydrogens is 226 g/mol. The first-order chi connectivity index (χ1) is 6.38. The lowest BCUT2D eigenvalue weighted by Crippen LogP contribution is -2.26. The van der Waals surface area contributed by atoms with Gasteiger partial charge in [-0.3, -0.25) is 0 Å². The average Bonchev–Trinajstić information content (AvgIpc) is 2.20. The second-order valence-electron chi connectivity index (χ2n) is 3.52. The van der Waals surface area contributed by atoms with E-state index in [0.717, 1.165) is 6.54 Å². The maximum atomic E-state index is 3.59. The van der Waals surface area contributed by atoms with Crippen LogP contribution in [0.25, 0.3) is 0 Å². The van der Waals surface area contributed by atoms with Crippen molar-refractivity contribution >= 4 is 15.9 Å². The van der Waals surface area contributed by atoms with Crippen LogP contribution in [-0.4, -0.2) is 6.54 Å². The summed E-state index contributed by atoms with van der Waals surface area (Å²) in [7, 11) is 0. The minimum atomic E-state index is 0.560. The summed E-state index contributed by atoms with van der Waals surface area (Å²) < 4.78 is 1.23. The zero-order valence-electron chi connectivity index (χ0n) is 7.59. The van der Waals surface area contributed by atoms with E-state index in [-0.39, 0.29) is 0 Å². The fourth-order valence-corrected chi connectivity index (χ4v) is 2.44. The number of hydrogen-bond acceptors (Lipinski definition) is 1. The minimum absolute atomic E-state index is 0.560. The summed E-state index contributed by atoms with van der Waals surface area (Å²) in [6.07, 6.45) is 3.93. The van der Waals surface area contributed by atoms with Gasteiger partial charge >= 0.3 is 0 Å². The quantitative estimate of drug-likeness (QED) is 0.794. The Balaban J connectivity index is 2.18. The smallest absolute Gasteiger partial charge is 0.0331 e. The molecular formula is C11H14BrN. The molecule has 1 heterocycles. The molecule has 1 aromatic carbocycles. The zero-order valence-corrected chi connectivity index (χ0v) is 9.18. The highest BCUT2D eigenvalue weighted by Gasteiger charge is 2.15. The van der Waals surface area contributed by atoms with Gasteiger partial charge in [0.25, 0.3) is 0 Å². The van der Waals surface area contributed by atoms with Crippen LogP contribution in [0, 0.1) is 0 Å². The van der Waals surface area contributed by atoms with E-state index < -0.39 is 0 Å². The van der Waals surface area contributed by atoms with Crippen LogP contribution in [0.2, 0.25) is 0 Å². The molecule has 0 aromatic heterocycles. The number of rotatable bonds is 1. The van der Waals surface area contributed by atoms with Gasteiger partial charge in [-0.1, -0.05) is 40.5 Å². The third kappa shape index (κ3) is 2.12. The monoisotopic (exact) mass is 239 g/mol. The lowest BCUT2D eigenvalue weighted by molar-refractivity contribution is 0.411. The Morgan fingerprint density at radius 3 is 2.77 bits per heavy atom. The molecule has 1 fully saturated rings. The van der Waals surface area contributed by atoms with Crippen molar-refractivity contribution in [2.75, 3.05) is 6.54 Å². The van der Waals surface area contributed by atoms with Crippen LogP contribution in [0.5, 0.6) is 0 Å². The topological polar surface area (TPSA) is 12.0 Å². The molecule has 0 bridgehead atoms. The molecule has 2 heteroatoms. The van der Waals surface area contributed by atoms with Gasteiger partial charge in [-0.25, -0.2) is 0 Å². The van der Waals surface area contributed by atoms with Crippen LogP contribution < -0.4 is 5.32 Å². The zero-order chi connectivity index (χ0) is 9.10. The Labute approximate surface area is 87.7 Å². The van der Waals surface area contributed by atoms with E-state index in [1.54, 1.807) is 0 Å². The van der Waals surface area contributed by atoms with Gasteiger partial charge in [0, 0.05) is 10.5 Å². The minimum Gasteiger partial charge on any atom is -0.310 e. The first-order valence-corrected chi connectivity index (χ1v) is 5.65. The molecule has 1 aliphatic rings. The maximum Gasteiger partial charge on any atom is 0.0331 e. The van der Waals surface area contributed by atoms with E-state index >= 15 is 0 Å². The molecule has 1 N–H and O–H groups in total. The largest absolute Gasteiger partial charge is 0.310 e. The molecule has 1 nitrogen and oxygen atoms in total. The van der Waals surface area contributed by atoms with E-state index in [2.05, 4.69) is 45.5 Å². The first-order valence-electron chi connectivity index (χ1n) is 4.86. The molecule has 0 aliphatic carbocycles. The Morgan fingerprint density at radius 2 is 2.08 bits per heavy atom. The summed E-state index contributed by atoms with van der Waals surface area (Å²) >= 11 is 3.59. The van der Waals surface area contributed by atoms with Crippen LogP contribution in [-0.2, 0) is 0 Å². The Kier molecular flexibility index (Phi) is 3.01. The van der Waals surface area contributed by atoms with Gasteiger partial charge in [-0.15, -0.1) is 0 Å². The second kappa shape index (κ2) is 4.25. The first kappa shape index (κ1) is 9.22. The van der Waals surface area contributed by atoms with Crippen LogP contribution in [0.1, 0.15) is 30.9 Å². The third-order valence-electron chi connectivity index (χ3n) is 2.59. The van der Waals surface area contributed by atoms with Crippen LogP contribution in [0.15, 0.2) is 28.7 Å². The van der Waals surface area contributed by atoms with Gasteiger partial charge in [0.1, 0.15) is 0 Å². The number of benzene rings is 1. The third-order valence-corrected chi connectivity index (χ3v) is 3.31. The van der Waals surface area contributed by atoms with Gasteiger partial charge in [0.2, 0.25) is 0 Å². The Hall–Kier alpha value is -0.340. The molecule has 0 radical (unpaired) electrons. The van der Waals surface area contributed by atoms with Crippen LogP contribution in [0.3, 0.4) is 0 Å². The predicted molar refractivity (Wildman–Crippen MR) is 58.7 cm³/mol. The van der Waals surface area contributed by atoms with Crippen molar-refractivity contribution in [3.05, 3.63) is 34.3 Å². The predicted octanol–water partition coefficient (Wildman–Crippen LogP) is 3.26. The van der Waals surface area contributed by atoms with Crippen molar-refractivity contribution in [3.63, 3.8) is 0 Å². The maximum absolute atomic E-state index is 3.59. The number of hydrogen-bond donors (Lipinski definition) is 1. The standard InChI is InChI=1S/C11H14BrN/c12-10-6-2-1-5-9(10)11-7-3-4-8-13-11/h1-2,5-6,11,13H,3-4,7-8H2/t11-/m1/s1. The molecule has 1 saturated heterocycles. The molecule has 0 saturated carbocycles. The van der Waals surface area contributed by atoms with E-state index in [0.29, 0.717) is 6.04 Å². The lowest BCUT2D eigenvalue weighted by Gasteiger charge is -2.24. The highest BCUT2D eigenvalue weighted by molar-refractivity contribution is 9.10. The Bertz CT molecular complexity index is 279. The van der Waals surface area contributed by atoms with Gasteiger partial charge in [-0.2, -0.15) is 0 Å². The molecule has 1 atom stereocenters. The summed E-state index contributed by atoms with van der Waals surface area (Å²) in [5.74, 6) is 0. The van der Waals surface area contributed by atoms with Crippen molar-refractivity contribution in [1.29, 1.82) is 0 Å². The van der Waals surface area contributed by atoms with E-state index in [1.807, 2.05) is 0 Å². The second-order valence-corrected chi connectivity index (χ2v) is 4.38. The molecule has 13 heavy (non-hydrogen) atoms. The van der Waals surface area contributed by atoms with Crippen molar-refractivity contribution in [2.24, 2.45) is 0 Å². The number of nitrogens with one attached hydrogen (secondary N) is 1. The van der Waals surface area contributed by atoms with E-state index in [1.165, 1.54) is 29.3 Å². The Morgan fingerprint density at radius 1 is 1.23 bits per heavy atom. The molecule has 1 aliphatic heterocycles. The van der Waals surface area contributed by atoms with E-state index in [9.17, 15) is 0 Å². The van der Waals surface area contributed by atoms with Gasteiger partial charge < -0.3 is 5.32 Å². The SMILES string of the molecule is Brc1ccccc1[C@H]1CCCCN1. The fraction of sp³-hybridized carbons (Fsp3) is 0.455. The average molecular weight is 240 g/mol. The number of halogens is 1. The molecule has 0 spiro atoms. The highest BCUT2D eigenvalue weighted by Crippen LogP contribution is 2.28. The van der Waals surface area contributed by atoms with Crippen molar-refractivity contribution < 1.29 is 0 Å². The highest BCUT2D eigenvalue weighted by atomic mass is 79.9. The molecule has 0 amide bonds. The summed E-state index contributed by atoms with van der Waals surface area (Å²) in [5.41, 5.74) is 1.40. The molecule has 0 unspecified atom stereocenters. The van der Waals surface area contributed by atoms with Crippen molar-refractivity contribution in [1.82, 2.24) is 5.32 Å². The lowest BCUT2D eigenvalue weighted by atomic mass is 9.98. The fourth-order valence-electron chi connectivity index (χ4n) is 1.87. The van der Waals surface area contributed by atoms with Gasteiger partial charge in [0.05, 0.1) is 0 Å².